The zero-order chi connectivity index (χ0) is 25.0. The van der Waals surface area contributed by atoms with Gasteiger partial charge in [-0.05, 0) is 45.8 Å². The maximum atomic E-state index is 13.5. The Balaban J connectivity index is 1.72. The van der Waals surface area contributed by atoms with Crippen LogP contribution in [-0.2, 0) is 4.57 Å². The summed E-state index contributed by atoms with van der Waals surface area (Å²) in [7, 11) is -4.59. The lowest BCUT2D eigenvalue weighted by Gasteiger charge is -2.18. The Bertz CT molecular complexity index is 1740. The molecule has 0 aliphatic carbocycles. The summed E-state index contributed by atoms with van der Waals surface area (Å²) in [5.74, 6) is 0.564. The van der Waals surface area contributed by atoms with Gasteiger partial charge in [0.25, 0.3) is 0 Å². The monoisotopic (exact) mass is 502 g/mol. The molecule has 0 saturated carbocycles. The van der Waals surface area contributed by atoms with Gasteiger partial charge < -0.3 is 9.05 Å². The lowest BCUT2D eigenvalue weighted by molar-refractivity contribution is 0.295. The van der Waals surface area contributed by atoms with E-state index in [-0.39, 0.29) is 11.5 Å². The minimum atomic E-state index is -4.59. The first kappa shape index (κ1) is 21.7. The normalized spacial score (nSPS) is 13.8. The molecule has 0 unspecified atom stereocenters. The molecule has 0 spiro atoms. The predicted molar refractivity (Wildman–Crippen MR) is 144 cm³/mol. The van der Waals surface area contributed by atoms with Gasteiger partial charge in [-0.2, -0.15) is 0 Å². The number of nitrogens with zero attached hydrogens (tertiary/aromatic N) is 2. The van der Waals surface area contributed by atoms with Gasteiger partial charge >= 0.3 is 7.82 Å². The molecule has 7 heteroatoms. The molecule has 0 bridgehead atoms. The van der Waals surface area contributed by atoms with Crippen LogP contribution in [0.2, 0.25) is 0 Å². The molecule has 1 aliphatic rings. The fourth-order valence-corrected chi connectivity index (χ4v) is 5.94. The van der Waals surface area contributed by atoms with E-state index in [4.69, 9.17) is 9.05 Å². The van der Waals surface area contributed by atoms with Crippen LogP contribution in [0.15, 0.2) is 110 Å². The third-order valence-corrected chi connectivity index (χ3v) is 7.44. The van der Waals surface area contributed by atoms with Crippen molar-refractivity contribution in [2.75, 3.05) is 0 Å². The summed E-state index contributed by atoms with van der Waals surface area (Å²) < 4.78 is 25.3. The molecule has 0 atom stereocenters. The fourth-order valence-electron chi connectivity index (χ4n) is 5.07. The second-order valence-electron chi connectivity index (χ2n) is 8.83. The Kier molecular flexibility index (Phi) is 4.86. The number of rotatable bonds is 2. The summed E-state index contributed by atoms with van der Waals surface area (Å²) in [6.45, 7) is 0. The Morgan fingerprint density at radius 1 is 0.622 bits per heavy atom. The van der Waals surface area contributed by atoms with Gasteiger partial charge in [0, 0.05) is 58.2 Å². The number of fused-ring (bicyclic) bond motifs is 7. The number of hydrogen-bond acceptors (Lipinski definition) is 5. The van der Waals surface area contributed by atoms with E-state index < -0.39 is 7.82 Å². The Labute approximate surface area is 212 Å². The second-order valence-corrected chi connectivity index (χ2v) is 10.1. The highest BCUT2D eigenvalue weighted by molar-refractivity contribution is 7.48. The van der Waals surface area contributed by atoms with Crippen molar-refractivity contribution >= 4 is 29.4 Å². The molecule has 178 valence electrons. The van der Waals surface area contributed by atoms with E-state index in [1.807, 2.05) is 84.9 Å². The number of phosphoric ester groups is 1. The first-order valence-corrected chi connectivity index (χ1v) is 13.2. The van der Waals surface area contributed by atoms with Crippen molar-refractivity contribution in [2.45, 2.75) is 0 Å². The summed E-state index contributed by atoms with van der Waals surface area (Å²) in [4.78, 5) is 19.6. The Morgan fingerprint density at radius 3 is 1.51 bits per heavy atom. The minimum Gasteiger partial charge on any atom is -0.394 e. The smallest absolute Gasteiger partial charge is 0.394 e. The van der Waals surface area contributed by atoms with Gasteiger partial charge in [0.15, 0.2) is 0 Å². The van der Waals surface area contributed by atoms with E-state index in [1.54, 1.807) is 24.8 Å². The minimum absolute atomic E-state index is 0.282. The van der Waals surface area contributed by atoms with Crippen LogP contribution in [0.5, 0.6) is 11.5 Å². The number of phosphoric acid groups is 1. The topological polar surface area (TPSA) is 81.5 Å². The van der Waals surface area contributed by atoms with Crippen LogP contribution in [-0.4, -0.2) is 14.9 Å². The third-order valence-electron chi connectivity index (χ3n) is 6.61. The molecule has 2 aromatic heterocycles. The molecule has 1 N–H and O–H groups in total. The molecule has 6 nitrogen and oxygen atoms in total. The highest BCUT2D eigenvalue weighted by Gasteiger charge is 2.37. The summed E-state index contributed by atoms with van der Waals surface area (Å²) in [6, 6.07) is 27.2. The van der Waals surface area contributed by atoms with Gasteiger partial charge in [0.05, 0.1) is 0 Å². The van der Waals surface area contributed by atoms with E-state index in [1.165, 1.54) is 0 Å². The number of aromatic nitrogens is 2. The van der Waals surface area contributed by atoms with Crippen LogP contribution in [0.4, 0.5) is 0 Å². The molecular formula is C30H19N2O4P. The van der Waals surface area contributed by atoms with Crippen LogP contribution in [0.3, 0.4) is 0 Å². The summed E-state index contributed by atoms with van der Waals surface area (Å²) in [5, 5.41) is 3.68. The second kappa shape index (κ2) is 8.27. The van der Waals surface area contributed by atoms with Crippen molar-refractivity contribution in [3.05, 3.63) is 110 Å². The van der Waals surface area contributed by atoms with Crippen molar-refractivity contribution < 1.29 is 18.5 Å². The highest BCUT2D eigenvalue weighted by atomic mass is 31.2. The number of hydrogen-bond donors (Lipinski definition) is 1. The van der Waals surface area contributed by atoms with Crippen LogP contribution < -0.4 is 9.05 Å². The van der Waals surface area contributed by atoms with Crippen molar-refractivity contribution in [1.82, 2.24) is 9.97 Å². The van der Waals surface area contributed by atoms with Crippen LogP contribution in [0.25, 0.3) is 54.9 Å². The fraction of sp³-hybridized carbons (Fsp3) is 0. The van der Waals surface area contributed by atoms with E-state index >= 15 is 0 Å². The van der Waals surface area contributed by atoms with Gasteiger partial charge in [-0.3, -0.25) is 14.9 Å². The molecular weight excluding hydrogens is 483 g/mol. The largest absolute Gasteiger partial charge is 0.584 e. The van der Waals surface area contributed by atoms with Gasteiger partial charge in [-0.25, -0.2) is 4.57 Å². The summed E-state index contributed by atoms with van der Waals surface area (Å²) >= 11 is 0. The van der Waals surface area contributed by atoms with Crippen molar-refractivity contribution in [2.24, 2.45) is 0 Å². The molecule has 37 heavy (non-hydrogen) atoms. The Morgan fingerprint density at radius 2 is 1.08 bits per heavy atom. The highest BCUT2D eigenvalue weighted by Crippen LogP contribution is 2.61. The van der Waals surface area contributed by atoms with E-state index in [9.17, 15) is 9.46 Å². The first-order chi connectivity index (χ1) is 18.1. The molecule has 1 aliphatic heterocycles. The van der Waals surface area contributed by atoms with Gasteiger partial charge in [0.1, 0.15) is 11.5 Å². The van der Waals surface area contributed by atoms with E-state index in [2.05, 4.69) is 9.97 Å². The molecule has 0 fully saturated rings. The van der Waals surface area contributed by atoms with Gasteiger partial charge in [-0.15, -0.1) is 0 Å². The average Bonchev–Trinajstić information content (AvgIpc) is 3.06. The maximum Gasteiger partial charge on any atom is 0.584 e. The molecule has 0 saturated heterocycles. The first-order valence-electron chi connectivity index (χ1n) is 11.7. The SMILES string of the molecule is O=P1(O)Oc2c(-c3cccnc3)cc3ccccc3c2-c2c(c(-c3cccnc3)cc3ccccc23)O1. The van der Waals surface area contributed by atoms with E-state index in [0.29, 0.717) is 22.3 Å². The predicted octanol–water partition coefficient (Wildman–Crippen LogP) is 7.66. The van der Waals surface area contributed by atoms with Crippen LogP contribution >= 0.6 is 7.82 Å². The van der Waals surface area contributed by atoms with Crippen molar-refractivity contribution in [3.63, 3.8) is 0 Å². The third kappa shape index (κ3) is 3.58. The Hall–Kier alpha value is -4.51. The maximum absolute atomic E-state index is 13.5. The average molecular weight is 502 g/mol. The van der Waals surface area contributed by atoms with E-state index in [0.717, 1.165) is 32.7 Å². The number of benzene rings is 4. The van der Waals surface area contributed by atoms with Gasteiger partial charge in [-0.1, -0.05) is 60.7 Å². The molecule has 7 rings (SSSR count). The van der Waals surface area contributed by atoms with Crippen molar-refractivity contribution in [1.29, 1.82) is 0 Å². The molecule has 0 amide bonds. The molecule has 4 aromatic carbocycles. The van der Waals surface area contributed by atoms with Crippen LogP contribution in [0, 0.1) is 0 Å². The lowest BCUT2D eigenvalue weighted by atomic mass is 9.87. The number of pyridine rings is 2. The summed E-state index contributed by atoms with van der Waals surface area (Å²) in [5.41, 5.74) is 4.23. The molecule has 6 aromatic rings. The van der Waals surface area contributed by atoms with Crippen molar-refractivity contribution in [3.8, 4) is 44.9 Å². The van der Waals surface area contributed by atoms with Crippen LogP contribution in [0.1, 0.15) is 0 Å². The zero-order valence-corrected chi connectivity index (χ0v) is 20.3. The lowest BCUT2D eigenvalue weighted by Crippen LogP contribution is -2.00. The standard InChI is InChI=1S/C30H19N2O4P/c33-37(34)35-29-25(21-9-5-13-31-17-21)15-19-7-1-3-11-23(19)27(29)28-24-12-4-2-8-20(24)16-26(30(28)36-37)22-10-6-14-32-18-22/h1-18H,(H,33,34). The molecule has 0 radical (unpaired) electrons. The quantitative estimate of drug-likeness (QED) is 0.245. The summed E-state index contributed by atoms with van der Waals surface area (Å²) in [6.07, 6.45) is 6.81. The zero-order valence-electron chi connectivity index (χ0n) is 19.4. The van der Waals surface area contributed by atoms with Gasteiger partial charge in [0.2, 0.25) is 0 Å². The molecule has 3 heterocycles.